The number of ketones is 1. The Bertz CT molecular complexity index is 4850. The summed E-state index contributed by atoms with van der Waals surface area (Å²) in [6, 6.07) is 1.01. The number of carbonyl (C=O) groups is 17. The molecule has 710 valence electrons. The van der Waals surface area contributed by atoms with E-state index < -0.39 is 229 Å². The Morgan fingerprint density at radius 1 is 0.538 bits per heavy atom. The van der Waals surface area contributed by atoms with E-state index in [0.717, 1.165) is 26.5 Å². The molecule has 40 heteroatoms. The number of hydrogen-bond donors (Lipinski definition) is 17. The lowest BCUT2D eigenvalue weighted by Crippen LogP contribution is -2.61. The molecule has 3 aliphatic heterocycles. The Kier molecular flexibility index (Phi) is 39.0. The van der Waals surface area contributed by atoms with Gasteiger partial charge >= 0.3 is 0 Å². The number of likely N-dealkylation sites (N-methyl/N-ethyl adjacent to an activating group) is 3. The van der Waals surface area contributed by atoms with E-state index >= 15 is 33.6 Å². The van der Waals surface area contributed by atoms with Gasteiger partial charge in [0.2, 0.25) is 94.5 Å². The Labute approximate surface area is 760 Å². The second-order valence-corrected chi connectivity index (χ2v) is 35.8. The zero-order valence-corrected chi connectivity index (χ0v) is 76.5. The van der Waals surface area contributed by atoms with Crippen LogP contribution in [0.2, 0.25) is 0 Å². The fourth-order valence-electron chi connectivity index (χ4n) is 16.6. The van der Waals surface area contributed by atoms with Crippen molar-refractivity contribution in [3.05, 3.63) is 102 Å². The molecule has 21 N–H and O–H groups in total. The topological polar surface area (TPSA) is 591 Å². The van der Waals surface area contributed by atoms with Gasteiger partial charge in [-0.15, -0.1) is 11.8 Å². The number of fused-ring (bicyclic) bond motifs is 4. The Morgan fingerprint density at radius 2 is 1.07 bits per heavy atom. The second-order valence-electron chi connectivity index (χ2n) is 34.8. The van der Waals surface area contributed by atoms with Gasteiger partial charge in [0.15, 0.2) is 5.78 Å². The molecule has 3 aromatic carbocycles. The van der Waals surface area contributed by atoms with Gasteiger partial charge in [-0.1, -0.05) is 116 Å². The number of phenolic OH excluding ortho intramolecular Hbond substituents is 1. The summed E-state index contributed by atoms with van der Waals surface area (Å²) in [5.41, 5.74) is 26.6. The average Bonchev–Trinajstić information content (AvgIpc) is 1.58. The molecule has 0 saturated carbocycles. The zero-order chi connectivity index (χ0) is 95.5. The number of hydrogen-bond acceptors (Lipinski definition) is 22. The maximum absolute atomic E-state index is 15.8. The number of aliphatic hydroxyl groups excluding tert-OH is 1. The molecule has 5 aromatic rings. The standard InChI is InChI=1S/C90H130N20O19S/c1-11-13-24-70-84(123)100-63(34-49(3)4)82(121)105-69(80(119)97-45-76(94)115)47-130-48-77(116)98-65(36-52-27-29-56(111)30-28-52)86(125)106(8)51(7)78(117)101-67(41-75(93)114)88(127)109-33-19-26-71(109)85(124)104-68(42-92)83(122)102-64(35-50(5)6)89(128)110-46-57(112)40-73(110)74(113)39-53(37-54-43-95-60-22-17-15-20-58(54)60)79(118)99-62(31-32-91)81(120)103-66(38-55-44-96-61-23-18-16-21-59(55)61)87(126)108(10)72(25-14-12-2)90(129)107(70)9/h15-18,20-23,27-30,43-44,49-51,53,57,62-73,95-96,111-112H,11-14,19,24-26,31-42,45-48,91-92H2,1-10H3,(H2,93,114)(H2,94,115)(H,97,119)(H,98,116)(H,99,118)(H,100,123)(H,101,117)(H,102,122)(H,103,120)(H,104,124)(H,105,121)/t51-,53+,57+,62-,63-,64-,65-,66-,67-,68-,69-,70-,71-,72-,73-/m0/s1. The van der Waals surface area contributed by atoms with Crippen LogP contribution in [0.3, 0.4) is 0 Å². The molecule has 5 heterocycles. The van der Waals surface area contributed by atoms with Gasteiger partial charge in [0.1, 0.15) is 78.3 Å². The smallest absolute Gasteiger partial charge is 0.246 e. The first-order valence-corrected chi connectivity index (χ1v) is 45.7. The van der Waals surface area contributed by atoms with E-state index in [1.165, 1.54) is 62.1 Å². The maximum atomic E-state index is 15.8. The summed E-state index contributed by atoms with van der Waals surface area (Å²) in [5.74, 6) is -17.7. The molecule has 39 nitrogen and oxygen atoms in total. The normalized spacial score (nSPS) is 25.4. The number of carbonyl (C=O) groups excluding carboxylic acids is 17. The molecule has 3 aliphatic rings. The number of benzene rings is 3. The fourth-order valence-corrected chi connectivity index (χ4v) is 17.5. The second kappa shape index (κ2) is 49.1. The van der Waals surface area contributed by atoms with Crippen molar-refractivity contribution < 1.29 is 91.7 Å². The number of rotatable bonds is 24. The van der Waals surface area contributed by atoms with Crippen LogP contribution in [0.4, 0.5) is 0 Å². The van der Waals surface area contributed by atoms with E-state index in [-0.39, 0.29) is 107 Å². The third-order valence-corrected chi connectivity index (χ3v) is 24.9. The highest BCUT2D eigenvalue weighted by Crippen LogP contribution is 2.30. The lowest BCUT2D eigenvalue weighted by Gasteiger charge is -2.36. The minimum Gasteiger partial charge on any atom is -0.508 e. The van der Waals surface area contributed by atoms with Crippen LogP contribution in [-0.4, -0.2) is 295 Å². The summed E-state index contributed by atoms with van der Waals surface area (Å²) in [4.78, 5) is 261. The van der Waals surface area contributed by atoms with Crippen molar-refractivity contribution in [2.24, 2.45) is 40.7 Å². The van der Waals surface area contributed by atoms with Crippen LogP contribution in [0.15, 0.2) is 85.2 Å². The Balaban J connectivity index is 1.18. The molecule has 0 spiro atoms. The predicted molar refractivity (Wildman–Crippen MR) is 485 cm³/mol. The summed E-state index contributed by atoms with van der Waals surface area (Å²) < 4.78 is 0. The number of thioether (sulfide) groups is 1. The van der Waals surface area contributed by atoms with Gasteiger partial charge in [-0.05, 0) is 118 Å². The van der Waals surface area contributed by atoms with Crippen molar-refractivity contribution in [1.29, 1.82) is 0 Å². The zero-order valence-electron chi connectivity index (χ0n) is 75.7. The van der Waals surface area contributed by atoms with Crippen molar-refractivity contribution in [2.45, 2.75) is 242 Å². The van der Waals surface area contributed by atoms with Gasteiger partial charge in [0.25, 0.3) is 0 Å². The van der Waals surface area contributed by atoms with Gasteiger partial charge in [-0.25, -0.2) is 0 Å². The van der Waals surface area contributed by atoms with Crippen LogP contribution < -0.4 is 70.8 Å². The molecule has 0 radical (unpaired) electrons. The average molecular weight is 1830 g/mol. The highest BCUT2D eigenvalue weighted by atomic mass is 32.2. The van der Waals surface area contributed by atoms with E-state index in [1.54, 1.807) is 64.4 Å². The van der Waals surface area contributed by atoms with Gasteiger partial charge in [0, 0.05) is 112 Å². The van der Waals surface area contributed by atoms with Crippen molar-refractivity contribution in [3.8, 4) is 5.75 Å². The lowest BCUT2D eigenvalue weighted by molar-refractivity contribution is -0.149. The fraction of sp³-hybridized carbons (Fsp3) is 0.567. The van der Waals surface area contributed by atoms with Crippen LogP contribution >= 0.6 is 11.8 Å². The molecule has 0 aliphatic carbocycles. The van der Waals surface area contributed by atoms with Crippen LogP contribution in [-0.2, 0) is 101 Å². The molecular weight excluding hydrogens is 1700 g/mol. The van der Waals surface area contributed by atoms with Crippen molar-refractivity contribution >= 4 is 134 Å². The molecule has 130 heavy (non-hydrogen) atoms. The van der Waals surface area contributed by atoms with Crippen LogP contribution in [0.5, 0.6) is 5.75 Å². The van der Waals surface area contributed by atoms with Crippen LogP contribution in [0.1, 0.15) is 155 Å². The minimum absolute atomic E-state index is 0.00236. The van der Waals surface area contributed by atoms with Crippen molar-refractivity contribution in [1.82, 2.24) is 82.3 Å². The summed E-state index contributed by atoms with van der Waals surface area (Å²) in [5, 5.41) is 47.1. The molecule has 0 bridgehead atoms. The number of phenols is 1. The van der Waals surface area contributed by atoms with E-state index in [1.807, 2.05) is 38.1 Å². The third kappa shape index (κ3) is 28.5. The van der Waals surface area contributed by atoms with Gasteiger partial charge in [-0.3, -0.25) is 81.5 Å². The molecule has 3 saturated heterocycles. The Morgan fingerprint density at radius 3 is 1.67 bits per heavy atom. The van der Waals surface area contributed by atoms with Gasteiger partial charge < -0.3 is 115 Å². The third-order valence-electron chi connectivity index (χ3n) is 23.9. The Hall–Kier alpha value is -12.0. The number of aliphatic hydroxyl groups is 1. The first-order valence-electron chi connectivity index (χ1n) is 44.5. The summed E-state index contributed by atoms with van der Waals surface area (Å²) >= 11 is 0.804. The molecule has 16 amide bonds. The summed E-state index contributed by atoms with van der Waals surface area (Å²) in [7, 11) is 4.03. The van der Waals surface area contributed by atoms with Crippen LogP contribution in [0, 0.1) is 17.8 Å². The number of nitrogens with two attached hydrogens (primary N) is 4. The largest absolute Gasteiger partial charge is 0.508 e. The number of nitrogens with one attached hydrogen (secondary N) is 11. The molecular formula is C90H130N20O19S. The van der Waals surface area contributed by atoms with Crippen molar-refractivity contribution in [2.75, 3.05) is 65.4 Å². The number of aromatic amines is 2. The monoisotopic (exact) mass is 1830 g/mol. The molecule has 8 rings (SSSR count). The van der Waals surface area contributed by atoms with Crippen LogP contribution in [0.25, 0.3) is 21.8 Å². The number of aromatic hydroxyl groups is 1. The number of nitrogens with zero attached hydrogens (tertiary/aromatic N) is 5. The van der Waals surface area contributed by atoms with E-state index in [2.05, 4.69) is 57.8 Å². The maximum Gasteiger partial charge on any atom is 0.246 e. The number of H-pyrrole nitrogens is 2. The number of unbranched alkanes of at least 4 members (excludes halogenated alkanes) is 2. The molecule has 15 atom stereocenters. The van der Waals surface area contributed by atoms with Crippen molar-refractivity contribution in [3.63, 3.8) is 0 Å². The number of para-hydroxylation sites is 2. The number of Topliss-reactive ketones (excluding diaryl/α,β-unsaturated/α-hetero) is 1. The SMILES string of the molecule is CCCC[C@H]1C(=O)N(C)[C@@H](CCCC)C(=O)N[C@@H](CC(C)C)C(=O)N[C@H](C(=O)NCC(N)=O)CSCC(=O)N[C@@H](Cc2ccc(O)cc2)C(=O)N(C)[C@@H](C)C(=O)N[C@@H](CC(N)=O)C(=O)N2CCC[C@H]2C(=O)N[C@@H](CN)C(=O)N[C@@H](CC(C)C)C(=O)N2C[C@H](O)C[C@H]2C(=O)C[C@@H](Cc2c[nH]c3ccccc23)C(=O)N[C@@H](CCN)C(=O)N[C@@H](Cc2c[nH]c3ccccc23)C(=O)N1C. The molecule has 2 aromatic heterocycles. The minimum atomic E-state index is -1.75. The molecule has 0 unspecified atom stereocenters. The highest BCUT2D eigenvalue weighted by Gasteiger charge is 2.47. The van der Waals surface area contributed by atoms with E-state index in [0.29, 0.717) is 64.2 Å². The summed E-state index contributed by atoms with van der Waals surface area (Å²) in [6.07, 6.45) is 1.65. The number of aromatic nitrogens is 2. The van der Waals surface area contributed by atoms with Gasteiger partial charge in [0.05, 0.1) is 30.9 Å². The number of primary amides is 2. The highest BCUT2D eigenvalue weighted by molar-refractivity contribution is 8.00. The lowest BCUT2D eigenvalue weighted by atomic mass is 9.90. The van der Waals surface area contributed by atoms with E-state index in [4.69, 9.17) is 22.9 Å². The predicted octanol–water partition coefficient (Wildman–Crippen LogP) is -0.706. The summed E-state index contributed by atoms with van der Waals surface area (Å²) in [6.45, 7) is 10.2. The van der Waals surface area contributed by atoms with E-state index in [9.17, 15) is 58.2 Å². The van der Waals surface area contributed by atoms with Gasteiger partial charge in [-0.2, -0.15) is 0 Å². The quantitative estimate of drug-likeness (QED) is 0.0363. The first kappa shape index (κ1) is 103. The first-order chi connectivity index (χ1) is 61.8. The number of amides is 16. The molecule has 3 fully saturated rings.